The Morgan fingerprint density at radius 3 is 2.76 bits per heavy atom. The molecular weight excluding hydrogens is 224 g/mol. The molecule has 0 atom stereocenters. The van der Waals surface area contributed by atoms with E-state index in [1.165, 1.54) is 25.1 Å². The number of nitrogens with one attached hydrogen (secondary N) is 1. The first kappa shape index (κ1) is 11.1. The van der Waals surface area contributed by atoms with Crippen LogP contribution in [-0.2, 0) is 11.3 Å². The van der Waals surface area contributed by atoms with E-state index >= 15 is 0 Å². The van der Waals surface area contributed by atoms with Gasteiger partial charge >= 0.3 is 5.69 Å². The summed E-state index contributed by atoms with van der Waals surface area (Å²) in [5.74, 6) is -0.534. The van der Waals surface area contributed by atoms with Crippen molar-refractivity contribution in [3.63, 3.8) is 0 Å². The number of H-pyrrole nitrogens is 1. The molecule has 6 heteroatoms. The van der Waals surface area contributed by atoms with Crippen LogP contribution >= 0.6 is 0 Å². The minimum Gasteiger partial charge on any atom is -0.507 e. The quantitative estimate of drug-likeness (QED) is 0.764. The van der Waals surface area contributed by atoms with Gasteiger partial charge in [-0.25, -0.2) is 4.79 Å². The molecule has 0 aliphatic carbocycles. The van der Waals surface area contributed by atoms with Crippen LogP contribution < -0.4 is 11.2 Å². The van der Waals surface area contributed by atoms with Crippen molar-refractivity contribution < 1.29 is 9.90 Å². The van der Waals surface area contributed by atoms with Crippen LogP contribution in [0.2, 0.25) is 0 Å². The Labute approximate surface area is 95.1 Å². The zero-order valence-corrected chi connectivity index (χ0v) is 9.06. The molecule has 0 aliphatic heterocycles. The lowest BCUT2D eigenvalue weighted by Gasteiger charge is -2.05. The normalized spacial score (nSPS) is 10.6. The maximum Gasteiger partial charge on any atom is 0.329 e. The third-order valence-electron chi connectivity index (χ3n) is 2.37. The second-order valence-electron chi connectivity index (χ2n) is 3.72. The smallest absolute Gasteiger partial charge is 0.329 e. The number of fused-ring (bicyclic) bond motifs is 1. The van der Waals surface area contributed by atoms with E-state index in [0.717, 1.165) is 4.57 Å². The lowest BCUT2D eigenvalue weighted by atomic mass is 10.2. The summed E-state index contributed by atoms with van der Waals surface area (Å²) in [5.41, 5.74) is -1.08. The number of aromatic amines is 1. The van der Waals surface area contributed by atoms with Crippen LogP contribution in [0.3, 0.4) is 0 Å². The average Bonchev–Trinajstić information content (AvgIpc) is 2.23. The predicted octanol–water partition coefficient (Wildman–Crippen LogP) is -0.0156. The number of aromatic nitrogens is 2. The van der Waals surface area contributed by atoms with Gasteiger partial charge in [-0.05, 0) is 19.1 Å². The lowest BCUT2D eigenvalue weighted by Crippen LogP contribution is -2.36. The van der Waals surface area contributed by atoms with Crippen molar-refractivity contribution in [1.82, 2.24) is 9.55 Å². The Hall–Kier alpha value is -2.37. The number of phenols is 1. The Balaban J connectivity index is 2.88. The molecule has 2 aromatic rings. The first-order valence-electron chi connectivity index (χ1n) is 4.95. The van der Waals surface area contributed by atoms with Crippen LogP contribution in [0.25, 0.3) is 10.9 Å². The van der Waals surface area contributed by atoms with Crippen molar-refractivity contribution in [3.05, 3.63) is 39.0 Å². The van der Waals surface area contributed by atoms with E-state index in [1.54, 1.807) is 0 Å². The molecule has 0 bridgehead atoms. The highest BCUT2D eigenvalue weighted by atomic mass is 16.3. The van der Waals surface area contributed by atoms with Crippen molar-refractivity contribution in [2.45, 2.75) is 13.5 Å². The third-order valence-corrected chi connectivity index (χ3v) is 2.37. The van der Waals surface area contributed by atoms with Crippen LogP contribution in [0.1, 0.15) is 6.92 Å². The number of hydrogen-bond donors (Lipinski definition) is 2. The summed E-state index contributed by atoms with van der Waals surface area (Å²) in [7, 11) is 0. The van der Waals surface area contributed by atoms with E-state index in [2.05, 4.69) is 4.98 Å². The summed E-state index contributed by atoms with van der Waals surface area (Å²) in [6.07, 6.45) is 0. The summed E-state index contributed by atoms with van der Waals surface area (Å²) in [5, 5.41) is 9.59. The first-order valence-corrected chi connectivity index (χ1v) is 4.95. The molecule has 1 aromatic carbocycles. The molecular formula is C11H10N2O4. The average molecular weight is 234 g/mol. The van der Waals surface area contributed by atoms with E-state index in [-0.39, 0.29) is 29.0 Å². The summed E-state index contributed by atoms with van der Waals surface area (Å²) in [6, 6.07) is 4.37. The Morgan fingerprint density at radius 2 is 2.12 bits per heavy atom. The Morgan fingerprint density at radius 1 is 1.41 bits per heavy atom. The number of carbonyl (C=O) groups is 1. The van der Waals surface area contributed by atoms with Crippen LogP contribution in [0.4, 0.5) is 0 Å². The number of phenolic OH excluding ortho intramolecular Hbond substituents is 1. The monoisotopic (exact) mass is 234 g/mol. The highest BCUT2D eigenvalue weighted by molar-refractivity contribution is 5.84. The van der Waals surface area contributed by atoms with Gasteiger partial charge in [0.05, 0.1) is 12.1 Å². The molecule has 2 N–H and O–H groups in total. The molecule has 1 aromatic heterocycles. The molecule has 0 unspecified atom stereocenters. The number of rotatable bonds is 2. The van der Waals surface area contributed by atoms with Gasteiger partial charge in [0, 0.05) is 0 Å². The van der Waals surface area contributed by atoms with E-state index in [1.807, 2.05) is 0 Å². The van der Waals surface area contributed by atoms with Crippen molar-refractivity contribution in [3.8, 4) is 5.75 Å². The molecule has 0 aliphatic rings. The molecule has 17 heavy (non-hydrogen) atoms. The first-order chi connectivity index (χ1) is 8.00. The molecule has 0 saturated heterocycles. The lowest BCUT2D eigenvalue weighted by molar-refractivity contribution is -0.117. The molecule has 88 valence electrons. The van der Waals surface area contributed by atoms with E-state index in [9.17, 15) is 19.5 Å². The van der Waals surface area contributed by atoms with Crippen molar-refractivity contribution in [2.75, 3.05) is 0 Å². The fourth-order valence-corrected chi connectivity index (χ4v) is 1.65. The van der Waals surface area contributed by atoms with Gasteiger partial charge in [0.25, 0.3) is 5.56 Å². The highest BCUT2D eigenvalue weighted by Gasteiger charge is 2.11. The standard InChI is InChI=1S/C11H10N2O4/c1-6(14)5-13-10(16)9-7(12-11(13)17)3-2-4-8(9)15/h2-4,15H,5H2,1H3,(H,12,17). The number of Topliss-reactive ketones (excluding diaryl/α,β-unsaturated/α-hetero) is 1. The van der Waals surface area contributed by atoms with Crippen molar-refractivity contribution in [2.24, 2.45) is 0 Å². The minimum absolute atomic E-state index is 0.00773. The Kier molecular flexibility index (Phi) is 2.55. The third kappa shape index (κ3) is 1.84. The maximum absolute atomic E-state index is 11.9. The van der Waals surface area contributed by atoms with Gasteiger partial charge < -0.3 is 10.1 Å². The molecule has 0 radical (unpaired) electrons. The molecule has 6 nitrogen and oxygen atoms in total. The molecule has 1 heterocycles. The molecule has 0 amide bonds. The number of ketones is 1. The van der Waals surface area contributed by atoms with E-state index in [0.29, 0.717) is 0 Å². The van der Waals surface area contributed by atoms with Gasteiger partial charge in [0.1, 0.15) is 16.9 Å². The van der Waals surface area contributed by atoms with Crippen LogP contribution in [-0.4, -0.2) is 20.4 Å². The second-order valence-corrected chi connectivity index (χ2v) is 3.72. The molecule has 0 saturated carbocycles. The largest absolute Gasteiger partial charge is 0.507 e. The highest BCUT2D eigenvalue weighted by Crippen LogP contribution is 2.17. The van der Waals surface area contributed by atoms with Gasteiger partial charge in [0.15, 0.2) is 0 Å². The van der Waals surface area contributed by atoms with Crippen molar-refractivity contribution >= 4 is 16.7 Å². The van der Waals surface area contributed by atoms with Gasteiger partial charge in [-0.15, -0.1) is 0 Å². The van der Waals surface area contributed by atoms with Gasteiger partial charge in [-0.2, -0.15) is 0 Å². The van der Waals surface area contributed by atoms with E-state index < -0.39 is 11.2 Å². The molecule has 0 spiro atoms. The van der Waals surface area contributed by atoms with Crippen LogP contribution in [0.5, 0.6) is 5.75 Å². The summed E-state index contributed by atoms with van der Waals surface area (Å²) in [6.45, 7) is 0.972. The number of hydrogen-bond acceptors (Lipinski definition) is 4. The zero-order chi connectivity index (χ0) is 12.6. The minimum atomic E-state index is -0.669. The number of aromatic hydroxyl groups is 1. The number of benzene rings is 1. The van der Waals surface area contributed by atoms with Crippen LogP contribution in [0, 0.1) is 0 Å². The molecule has 0 fully saturated rings. The van der Waals surface area contributed by atoms with Gasteiger partial charge in [-0.3, -0.25) is 14.2 Å². The maximum atomic E-state index is 11.9. The zero-order valence-electron chi connectivity index (χ0n) is 9.06. The van der Waals surface area contributed by atoms with Gasteiger partial charge in [-0.1, -0.05) is 6.07 Å². The van der Waals surface area contributed by atoms with Crippen LogP contribution in [0.15, 0.2) is 27.8 Å². The number of carbonyl (C=O) groups excluding carboxylic acids is 1. The fourth-order valence-electron chi connectivity index (χ4n) is 1.65. The summed E-state index contributed by atoms with van der Waals surface area (Å²) in [4.78, 5) is 36.9. The van der Waals surface area contributed by atoms with E-state index in [4.69, 9.17) is 0 Å². The summed E-state index contributed by atoms with van der Waals surface area (Å²) < 4.78 is 0.768. The SMILES string of the molecule is CC(=O)Cn1c(=O)[nH]c2cccc(O)c2c1=O. The predicted molar refractivity (Wildman–Crippen MR) is 61.2 cm³/mol. The topological polar surface area (TPSA) is 92.2 Å². The van der Waals surface area contributed by atoms with Gasteiger partial charge in [0.2, 0.25) is 0 Å². The summed E-state index contributed by atoms with van der Waals surface area (Å²) >= 11 is 0. The fraction of sp³-hybridized carbons (Fsp3) is 0.182. The number of nitrogens with zero attached hydrogens (tertiary/aromatic N) is 1. The van der Waals surface area contributed by atoms with Crippen molar-refractivity contribution in [1.29, 1.82) is 0 Å². The molecule has 2 rings (SSSR count). The Bertz CT molecular complexity index is 711. The second kappa shape index (κ2) is 3.89.